The van der Waals surface area contributed by atoms with Crippen LogP contribution in [0.15, 0.2) is 30.5 Å². The second kappa shape index (κ2) is 5.62. The van der Waals surface area contributed by atoms with E-state index in [0.29, 0.717) is 24.8 Å². The van der Waals surface area contributed by atoms with Crippen LogP contribution in [0.25, 0.3) is 10.9 Å². The summed E-state index contributed by atoms with van der Waals surface area (Å²) >= 11 is 0. The molecule has 0 spiro atoms. The predicted octanol–water partition coefficient (Wildman–Crippen LogP) is 3.31. The van der Waals surface area contributed by atoms with Crippen LogP contribution < -0.4 is 0 Å². The van der Waals surface area contributed by atoms with Crippen molar-refractivity contribution in [2.24, 2.45) is 17.8 Å². The van der Waals surface area contributed by atoms with Gasteiger partial charge in [0.15, 0.2) is 0 Å². The van der Waals surface area contributed by atoms with Crippen molar-refractivity contribution in [3.05, 3.63) is 36.0 Å². The van der Waals surface area contributed by atoms with E-state index in [-0.39, 0.29) is 11.8 Å². The molecule has 1 aromatic heterocycles. The molecule has 4 rings (SSSR count). The van der Waals surface area contributed by atoms with Crippen LogP contribution in [0.5, 0.6) is 0 Å². The van der Waals surface area contributed by atoms with Gasteiger partial charge in [0.1, 0.15) is 5.72 Å². The molecule has 1 aromatic carbocycles. The Kier molecular flexibility index (Phi) is 3.68. The molecule has 4 nitrogen and oxygen atoms in total. The van der Waals surface area contributed by atoms with Gasteiger partial charge in [0.25, 0.3) is 0 Å². The smallest absolute Gasteiger partial charge is 0.225 e. The van der Waals surface area contributed by atoms with Crippen LogP contribution in [0.1, 0.15) is 38.7 Å². The predicted molar refractivity (Wildman–Crippen MR) is 94.3 cm³/mol. The molecule has 2 fully saturated rings. The average Bonchev–Trinajstić information content (AvgIpc) is 3.14. The number of hydrogen-bond acceptors (Lipinski definition) is 2. The Bertz CT molecular complexity index is 768. The Morgan fingerprint density at radius 2 is 2.12 bits per heavy atom. The van der Waals surface area contributed by atoms with Gasteiger partial charge in [0.05, 0.1) is 0 Å². The van der Waals surface area contributed by atoms with Gasteiger partial charge in [0.2, 0.25) is 5.91 Å². The van der Waals surface area contributed by atoms with Gasteiger partial charge in [-0.2, -0.15) is 0 Å². The molecule has 4 atom stereocenters. The molecular weight excluding hydrogens is 300 g/mol. The highest BCUT2D eigenvalue weighted by molar-refractivity contribution is 5.83. The van der Waals surface area contributed by atoms with E-state index in [1.54, 1.807) is 4.90 Å². The Morgan fingerprint density at radius 3 is 2.96 bits per heavy atom. The maximum Gasteiger partial charge on any atom is 0.225 e. The second-order valence-corrected chi connectivity index (χ2v) is 7.74. The van der Waals surface area contributed by atoms with Crippen molar-refractivity contribution in [1.29, 1.82) is 0 Å². The van der Waals surface area contributed by atoms with Crippen molar-refractivity contribution in [2.45, 2.75) is 45.3 Å². The lowest BCUT2D eigenvalue weighted by molar-refractivity contribution is -0.148. The topological polar surface area (TPSA) is 56.3 Å². The molecule has 2 heterocycles. The fraction of sp³-hybridized carbons (Fsp3) is 0.550. The molecule has 24 heavy (non-hydrogen) atoms. The number of fused-ring (bicyclic) bond motifs is 2. The summed E-state index contributed by atoms with van der Waals surface area (Å²) in [7, 11) is 0. The summed E-state index contributed by atoms with van der Waals surface area (Å²) in [6.07, 6.45) is 5.09. The van der Waals surface area contributed by atoms with Crippen molar-refractivity contribution in [3.8, 4) is 0 Å². The number of aryl methyl sites for hydroxylation is 1. The third-order valence-electron chi connectivity index (χ3n) is 6.41. The lowest BCUT2D eigenvalue weighted by Crippen LogP contribution is -2.47. The number of amides is 1. The Hall–Kier alpha value is -1.81. The summed E-state index contributed by atoms with van der Waals surface area (Å²) in [6.45, 7) is 5.01. The normalized spacial score (nSPS) is 32.7. The number of nitrogens with one attached hydrogen (secondary N) is 1. The van der Waals surface area contributed by atoms with E-state index < -0.39 is 5.72 Å². The molecule has 2 unspecified atom stereocenters. The fourth-order valence-electron chi connectivity index (χ4n) is 4.89. The first-order valence-corrected chi connectivity index (χ1v) is 9.08. The molecule has 4 heteroatoms. The molecule has 2 aromatic rings. The molecule has 1 saturated heterocycles. The third-order valence-corrected chi connectivity index (χ3v) is 6.41. The fourth-order valence-corrected chi connectivity index (χ4v) is 4.89. The second-order valence-electron chi connectivity index (χ2n) is 7.74. The first kappa shape index (κ1) is 15.7. The largest absolute Gasteiger partial charge is 0.370 e. The zero-order valence-corrected chi connectivity index (χ0v) is 14.5. The van der Waals surface area contributed by atoms with Crippen LogP contribution in [0.4, 0.5) is 0 Å². The first-order valence-electron chi connectivity index (χ1n) is 9.08. The van der Waals surface area contributed by atoms with Crippen LogP contribution in [-0.4, -0.2) is 33.2 Å². The summed E-state index contributed by atoms with van der Waals surface area (Å²) in [5.41, 5.74) is 1.53. The Balaban J connectivity index is 1.45. The summed E-state index contributed by atoms with van der Waals surface area (Å²) in [5.74, 6) is 1.12. The minimum Gasteiger partial charge on any atom is -0.370 e. The SMILES string of the molecule is C[C@H]1CC2(O)C(CC(=O)N2CCCc2c[nH]c3ccccc23)[C@@H]1C. The lowest BCUT2D eigenvalue weighted by atomic mass is 9.90. The van der Waals surface area contributed by atoms with E-state index >= 15 is 0 Å². The molecule has 0 radical (unpaired) electrons. The van der Waals surface area contributed by atoms with E-state index in [1.807, 2.05) is 6.07 Å². The molecule has 1 amide bonds. The van der Waals surface area contributed by atoms with Gasteiger partial charge < -0.3 is 15.0 Å². The molecule has 1 saturated carbocycles. The van der Waals surface area contributed by atoms with Gasteiger partial charge in [-0.15, -0.1) is 0 Å². The number of aromatic nitrogens is 1. The zero-order valence-electron chi connectivity index (χ0n) is 14.5. The number of carbonyl (C=O) groups is 1. The first-order chi connectivity index (χ1) is 11.5. The number of likely N-dealkylation sites (tertiary alicyclic amines) is 1. The van der Waals surface area contributed by atoms with E-state index in [2.05, 4.69) is 43.2 Å². The number of H-pyrrole nitrogens is 1. The molecule has 2 aliphatic rings. The van der Waals surface area contributed by atoms with Gasteiger partial charge in [-0.05, 0) is 42.7 Å². The number of hydrogen-bond donors (Lipinski definition) is 2. The number of carbonyl (C=O) groups excluding carboxylic acids is 1. The number of aromatic amines is 1. The van der Waals surface area contributed by atoms with Crippen LogP contribution >= 0.6 is 0 Å². The third kappa shape index (κ3) is 2.27. The van der Waals surface area contributed by atoms with Crippen LogP contribution in [0.2, 0.25) is 0 Å². The van der Waals surface area contributed by atoms with Gasteiger partial charge in [-0.1, -0.05) is 32.0 Å². The minimum absolute atomic E-state index is 0.105. The molecular formula is C20H26N2O2. The summed E-state index contributed by atoms with van der Waals surface area (Å²) in [5, 5.41) is 12.4. The highest BCUT2D eigenvalue weighted by Gasteiger charge is 2.59. The minimum atomic E-state index is -0.907. The molecule has 128 valence electrons. The highest BCUT2D eigenvalue weighted by atomic mass is 16.3. The molecule has 1 aliphatic heterocycles. The molecule has 2 N–H and O–H groups in total. The lowest BCUT2D eigenvalue weighted by Gasteiger charge is -2.34. The van der Waals surface area contributed by atoms with Crippen molar-refractivity contribution in [3.63, 3.8) is 0 Å². The van der Waals surface area contributed by atoms with E-state index in [4.69, 9.17) is 0 Å². The Morgan fingerprint density at radius 1 is 1.33 bits per heavy atom. The van der Waals surface area contributed by atoms with Crippen molar-refractivity contribution < 1.29 is 9.90 Å². The van der Waals surface area contributed by atoms with E-state index in [0.717, 1.165) is 24.8 Å². The van der Waals surface area contributed by atoms with Crippen molar-refractivity contribution in [1.82, 2.24) is 9.88 Å². The van der Waals surface area contributed by atoms with Crippen molar-refractivity contribution >= 4 is 16.8 Å². The monoisotopic (exact) mass is 326 g/mol. The van der Waals surface area contributed by atoms with Crippen LogP contribution in [0.3, 0.4) is 0 Å². The number of nitrogens with zero attached hydrogens (tertiary/aromatic N) is 1. The number of rotatable bonds is 4. The standard InChI is InChI=1S/C20H26N2O2/c1-13-11-20(24)17(14(13)2)10-19(23)22(20)9-5-6-15-12-21-18-8-4-3-7-16(15)18/h3-4,7-8,12-14,17,21,24H,5-6,9-11H2,1-2H3/t13-,14+,17?,20?/m0/s1. The van der Waals surface area contributed by atoms with E-state index in [1.165, 1.54) is 10.9 Å². The van der Waals surface area contributed by atoms with E-state index in [9.17, 15) is 9.90 Å². The number of benzene rings is 1. The molecule has 1 aliphatic carbocycles. The Labute approximate surface area is 142 Å². The quantitative estimate of drug-likeness (QED) is 0.905. The maximum absolute atomic E-state index is 12.4. The van der Waals surface area contributed by atoms with Crippen LogP contribution in [0, 0.1) is 17.8 Å². The van der Waals surface area contributed by atoms with Gasteiger partial charge in [-0.3, -0.25) is 4.79 Å². The summed E-state index contributed by atoms with van der Waals surface area (Å²) in [6, 6.07) is 8.30. The maximum atomic E-state index is 12.4. The van der Waals surface area contributed by atoms with Gasteiger partial charge in [-0.25, -0.2) is 0 Å². The zero-order chi connectivity index (χ0) is 16.9. The number of para-hydroxylation sites is 1. The highest BCUT2D eigenvalue weighted by Crippen LogP contribution is 2.51. The van der Waals surface area contributed by atoms with Gasteiger partial charge in [0, 0.05) is 36.0 Å². The van der Waals surface area contributed by atoms with Crippen LogP contribution in [-0.2, 0) is 11.2 Å². The average molecular weight is 326 g/mol. The summed E-state index contributed by atoms with van der Waals surface area (Å²) < 4.78 is 0. The molecule has 0 bridgehead atoms. The van der Waals surface area contributed by atoms with Gasteiger partial charge >= 0.3 is 0 Å². The number of aliphatic hydroxyl groups is 1. The summed E-state index contributed by atoms with van der Waals surface area (Å²) in [4.78, 5) is 17.5. The van der Waals surface area contributed by atoms with Crippen molar-refractivity contribution in [2.75, 3.05) is 6.54 Å².